The van der Waals surface area contributed by atoms with Crippen molar-refractivity contribution in [3.8, 4) is 6.07 Å². The van der Waals surface area contributed by atoms with Crippen molar-refractivity contribution in [3.05, 3.63) is 81.9 Å². The molecule has 0 aliphatic carbocycles. The van der Waals surface area contributed by atoms with Crippen LogP contribution < -0.4 is 10.6 Å². The van der Waals surface area contributed by atoms with Crippen molar-refractivity contribution in [2.75, 3.05) is 19.1 Å². The number of nitrogens with zero attached hydrogens (tertiary/aromatic N) is 4. The molecule has 2 N–H and O–H groups in total. The number of methoxy groups -OCH3 is 2. The maximum absolute atomic E-state index is 13.1. The Morgan fingerprint density at radius 3 is 2.44 bits per heavy atom. The third-order valence-electron chi connectivity index (χ3n) is 5.54. The fraction of sp³-hybridized carbons (Fsp3) is 0.167. The van der Waals surface area contributed by atoms with Gasteiger partial charge < -0.3 is 15.2 Å². The van der Waals surface area contributed by atoms with Crippen LogP contribution in [0.3, 0.4) is 0 Å². The maximum atomic E-state index is 13.1. The van der Waals surface area contributed by atoms with E-state index in [1.807, 2.05) is 0 Å². The molecule has 0 spiro atoms. The molecule has 2 heterocycles. The smallest absolute Gasteiger partial charge is 0.355 e. The van der Waals surface area contributed by atoms with Gasteiger partial charge in [-0.25, -0.2) is 9.59 Å². The molecule has 4 rings (SSSR count). The number of esters is 2. The van der Waals surface area contributed by atoms with Crippen LogP contribution in [0.5, 0.6) is 0 Å². The van der Waals surface area contributed by atoms with Crippen LogP contribution in [-0.2, 0) is 26.1 Å². The van der Waals surface area contributed by atoms with E-state index in [1.165, 1.54) is 19.1 Å². The highest BCUT2D eigenvalue weighted by Gasteiger charge is 2.43. The Kier molecular flexibility index (Phi) is 6.01. The molecule has 1 aliphatic rings. The minimum Gasteiger partial charge on any atom is -0.466 e. The number of anilines is 1. The lowest BCUT2D eigenvalue weighted by Gasteiger charge is -2.36. The quantitative estimate of drug-likeness (QED) is 0.568. The normalized spacial score (nSPS) is 16.0. The van der Waals surface area contributed by atoms with Gasteiger partial charge in [0.1, 0.15) is 11.5 Å². The van der Waals surface area contributed by atoms with Crippen molar-refractivity contribution in [1.82, 2.24) is 9.78 Å². The van der Waals surface area contributed by atoms with Crippen LogP contribution in [0.15, 0.2) is 71.3 Å². The number of aromatic nitrogens is 2. The number of rotatable bonds is 4. The zero-order valence-electron chi connectivity index (χ0n) is 18.6. The summed E-state index contributed by atoms with van der Waals surface area (Å²) in [6.45, 7) is 0. The number of hydrogen-bond acceptors (Lipinski definition) is 8. The molecular weight excluding hydrogens is 458 g/mol. The van der Waals surface area contributed by atoms with Crippen molar-refractivity contribution in [1.29, 1.82) is 5.26 Å². The largest absolute Gasteiger partial charge is 0.466 e. The Morgan fingerprint density at radius 1 is 1.15 bits per heavy atom. The number of fused-ring (bicyclic) bond motifs is 1. The number of carbonyl (C=O) groups is 2. The van der Waals surface area contributed by atoms with E-state index >= 15 is 0 Å². The highest BCUT2D eigenvalue weighted by atomic mass is 35.5. The Hall–Kier alpha value is -4.29. The zero-order chi connectivity index (χ0) is 24.6. The lowest BCUT2D eigenvalue weighted by Crippen LogP contribution is -2.40. The molecule has 0 fully saturated rings. The van der Waals surface area contributed by atoms with Crippen molar-refractivity contribution < 1.29 is 19.1 Å². The van der Waals surface area contributed by atoms with Crippen LogP contribution >= 0.6 is 11.6 Å². The van der Waals surface area contributed by atoms with E-state index < -0.39 is 17.9 Å². The summed E-state index contributed by atoms with van der Waals surface area (Å²) >= 11 is 6.59. The summed E-state index contributed by atoms with van der Waals surface area (Å²) < 4.78 is 11.7. The first-order valence-corrected chi connectivity index (χ1v) is 10.5. The maximum Gasteiger partial charge on any atom is 0.355 e. The SMILES string of the molecule is COC(=O)C1=C(C(=O)OC)N(c2cc3cn(C)nc3cc2Cl)C(N)=C(C#N)C1c1ccccc1. The number of nitrogens with two attached hydrogens (primary N) is 1. The average molecular weight is 478 g/mol. The van der Waals surface area contributed by atoms with Gasteiger partial charge in [0, 0.05) is 18.6 Å². The number of carbonyl (C=O) groups excluding carboxylic acids is 2. The number of nitriles is 1. The van der Waals surface area contributed by atoms with Crippen LogP contribution in [0.4, 0.5) is 5.69 Å². The van der Waals surface area contributed by atoms with Gasteiger partial charge in [-0.2, -0.15) is 10.4 Å². The van der Waals surface area contributed by atoms with Gasteiger partial charge in [-0.15, -0.1) is 0 Å². The summed E-state index contributed by atoms with van der Waals surface area (Å²) in [6.07, 6.45) is 1.76. The second kappa shape index (κ2) is 8.92. The summed E-state index contributed by atoms with van der Waals surface area (Å²) in [4.78, 5) is 27.5. The molecule has 1 unspecified atom stereocenters. The third kappa shape index (κ3) is 3.64. The molecule has 0 saturated carbocycles. The Labute approximate surface area is 200 Å². The van der Waals surface area contributed by atoms with Gasteiger partial charge >= 0.3 is 11.9 Å². The van der Waals surface area contributed by atoms with Crippen molar-refractivity contribution in [2.45, 2.75) is 5.92 Å². The number of ether oxygens (including phenoxy) is 2. The molecule has 9 nitrogen and oxygen atoms in total. The molecule has 0 bridgehead atoms. The molecule has 3 aromatic rings. The Bertz CT molecular complexity index is 1420. The standard InChI is InChI=1S/C24H20ClN5O4/c1-29-12-14-9-18(16(25)10-17(14)28-29)30-21(24(32)34-3)20(23(31)33-2)19(15(11-26)22(30)27)13-7-5-4-6-8-13/h4-10,12,19H,27H2,1-3H3. The van der Waals surface area contributed by atoms with Gasteiger partial charge in [0.05, 0.1) is 53.6 Å². The Morgan fingerprint density at radius 2 is 1.82 bits per heavy atom. The Balaban J connectivity index is 2.10. The second-order valence-corrected chi connectivity index (χ2v) is 7.91. The molecule has 1 aliphatic heterocycles. The van der Waals surface area contributed by atoms with Crippen LogP contribution in [0.25, 0.3) is 10.9 Å². The summed E-state index contributed by atoms with van der Waals surface area (Å²) in [6, 6.07) is 14.2. The minimum atomic E-state index is -0.954. The predicted molar refractivity (Wildman–Crippen MR) is 125 cm³/mol. The van der Waals surface area contributed by atoms with Crippen molar-refractivity contribution in [2.24, 2.45) is 12.8 Å². The summed E-state index contributed by atoms with van der Waals surface area (Å²) in [5.41, 5.74) is 7.77. The fourth-order valence-electron chi connectivity index (χ4n) is 4.09. The molecule has 34 heavy (non-hydrogen) atoms. The van der Waals surface area contributed by atoms with E-state index in [1.54, 1.807) is 60.4 Å². The van der Waals surface area contributed by atoms with Gasteiger partial charge in [0.2, 0.25) is 0 Å². The zero-order valence-corrected chi connectivity index (χ0v) is 19.3. The number of halogens is 1. The van der Waals surface area contributed by atoms with E-state index in [9.17, 15) is 14.9 Å². The van der Waals surface area contributed by atoms with E-state index in [4.69, 9.17) is 26.8 Å². The van der Waals surface area contributed by atoms with Crippen LogP contribution in [0.1, 0.15) is 11.5 Å². The van der Waals surface area contributed by atoms with Gasteiger partial charge in [0.25, 0.3) is 0 Å². The number of benzene rings is 2. The molecule has 0 amide bonds. The van der Waals surface area contributed by atoms with E-state index in [0.29, 0.717) is 16.5 Å². The lowest BCUT2D eigenvalue weighted by atomic mass is 9.81. The number of allylic oxidation sites excluding steroid dienone is 1. The van der Waals surface area contributed by atoms with Crippen LogP contribution in [0, 0.1) is 11.3 Å². The van der Waals surface area contributed by atoms with Gasteiger partial charge in [-0.05, 0) is 17.7 Å². The highest BCUT2D eigenvalue weighted by Crippen LogP contribution is 2.45. The summed E-state index contributed by atoms with van der Waals surface area (Å²) in [7, 11) is 4.14. The first-order valence-electron chi connectivity index (χ1n) is 10.1. The van der Waals surface area contributed by atoms with E-state index in [-0.39, 0.29) is 33.4 Å². The predicted octanol–water partition coefficient (Wildman–Crippen LogP) is 3.12. The van der Waals surface area contributed by atoms with E-state index in [2.05, 4.69) is 11.2 Å². The topological polar surface area (TPSA) is 123 Å². The molecule has 10 heteroatoms. The van der Waals surface area contributed by atoms with Crippen molar-refractivity contribution >= 4 is 40.1 Å². The fourth-order valence-corrected chi connectivity index (χ4v) is 4.33. The first kappa shape index (κ1) is 22.9. The van der Waals surface area contributed by atoms with Gasteiger partial charge in [-0.1, -0.05) is 41.9 Å². The monoisotopic (exact) mass is 477 g/mol. The molecule has 1 atom stereocenters. The van der Waals surface area contributed by atoms with Crippen LogP contribution in [0.2, 0.25) is 5.02 Å². The molecule has 1 aromatic heterocycles. The minimum absolute atomic E-state index is 0.0570. The molecule has 172 valence electrons. The van der Waals surface area contributed by atoms with Gasteiger partial charge in [-0.3, -0.25) is 9.58 Å². The molecule has 2 aromatic carbocycles. The third-order valence-corrected chi connectivity index (χ3v) is 5.84. The number of hydrogen-bond donors (Lipinski definition) is 1. The highest BCUT2D eigenvalue weighted by molar-refractivity contribution is 6.34. The molecular formula is C24H20ClN5O4. The summed E-state index contributed by atoms with van der Waals surface area (Å²) in [5.74, 6) is -2.67. The summed E-state index contributed by atoms with van der Waals surface area (Å²) in [5, 5.41) is 15.3. The number of aryl methyl sites for hydroxylation is 1. The molecule has 0 saturated heterocycles. The van der Waals surface area contributed by atoms with E-state index in [0.717, 1.165) is 0 Å². The van der Waals surface area contributed by atoms with Gasteiger partial charge in [0.15, 0.2) is 0 Å². The van der Waals surface area contributed by atoms with Crippen molar-refractivity contribution in [3.63, 3.8) is 0 Å². The first-order chi connectivity index (χ1) is 16.3. The molecule has 0 radical (unpaired) electrons. The van der Waals surface area contributed by atoms with Crippen LogP contribution in [-0.4, -0.2) is 35.9 Å². The average Bonchev–Trinajstić information content (AvgIpc) is 3.20. The second-order valence-electron chi connectivity index (χ2n) is 7.50. The lowest BCUT2D eigenvalue weighted by molar-refractivity contribution is -0.139.